The topological polar surface area (TPSA) is 57.6 Å². The molecule has 0 aromatic carbocycles. The van der Waals surface area contributed by atoms with Crippen molar-refractivity contribution in [3.63, 3.8) is 0 Å². The average molecular weight is 227 g/mol. The van der Waals surface area contributed by atoms with E-state index < -0.39 is 11.9 Å². The standard InChI is InChI=1S/C12H21NO3/c1-3-5-9(4-2)7-13-8-10(12(15)16)6-11(13)14/h9-10H,3-8H2,1-2H3,(H,15,16). The molecule has 2 unspecified atom stereocenters. The average Bonchev–Trinajstić information content (AvgIpc) is 2.60. The highest BCUT2D eigenvalue weighted by atomic mass is 16.4. The third-order valence-corrected chi connectivity index (χ3v) is 3.32. The number of hydrogen-bond donors (Lipinski definition) is 1. The fourth-order valence-electron chi connectivity index (χ4n) is 2.26. The van der Waals surface area contributed by atoms with E-state index in [4.69, 9.17) is 5.11 Å². The Morgan fingerprint density at radius 2 is 2.25 bits per heavy atom. The van der Waals surface area contributed by atoms with E-state index >= 15 is 0 Å². The van der Waals surface area contributed by atoms with Gasteiger partial charge in [-0.2, -0.15) is 0 Å². The normalized spacial score (nSPS) is 22.5. The van der Waals surface area contributed by atoms with E-state index in [1.165, 1.54) is 0 Å². The van der Waals surface area contributed by atoms with Crippen molar-refractivity contribution >= 4 is 11.9 Å². The van der Waals surface area contributed by atoms with Gasteiger partial charge in [0.2, 0.25) is 5.91 Å². The molecule has 1 rings (SSSR count). The van der Waals surface area contributed by atoms with Crippen LogP contribution in [0, 0.1) is 11.8 Å². The van der Waals surface area contributed by atoms with Gasteiger partial charge in [-0.15, -0.1) is 0 Å². The van der Waals surface area contributed by atoms with Crippen LogP contribution in [-0.2, 0) is 9.59 Å². The maximum atomic E-state index is 11.6. The van der Waals surface area contributed by atoms with Crippen LogP contribution in [0.1, 0.15) is 39.5 Å². The highest BCUT2D eigenvalue weighted by molar-refractivity contribution is 5.86. The van der Waals surface area contributed by atoms with Gasteiger partial charge in [0.15, 0.2) is 0 Å². The summed E-state index contributed by atoms with van der Waals surface area (Å²) in [6.07, 6.45) is 3.45. The minimum atomic E-state index is -0.848. The molecule has 0 radical (unpaired) electrons. The van der Waals surface area contributed by atoms with Gasteiger partial charge in [-0.05, 0) is 12.3 Å². The third kappa shape index (κ3) is 3.22. The number of rotatable bonds is 6. The lowest BCUT2D eigenvalue weighted by Gasteiger charge is -2.22. The summed E-state index contributed by atoms with van der Waals surface area (Å²) in [5.41, 5.74) is 0. The quantitative estimate of drug-likeness (QED) is 0.752. The Labute approximate surface area is 96.6 Å². The van der Waals surface area contributed by atoms with Crippen LogP contribution in [0.25, 0.3) is 0 Å². The molecule has 0 saturated carbocycles. The van der Waals surface area contributed by atoms with E-state index in [-0.39, 0.29) is 12.3 Å². The molecule has 0 aliphatic carbocycles. The maximum Gasteiger partial charge on any atom is 0.308 e. The zero-order valence-corrected chi connectivity index (χ0v) is 10.1. The number of amides is 1. The largest absolute Gasteiger partial charge is 0.481 e. The summed E-state index contributed by atoms with van der Waals surface area (Å²) < 4.78 is 0. The molecule has 92 valence electrons. The van der Waals surface area contributed by atoms with E-state index in [1.807, 2.05) is 0 Å². The van der Waals surface area contributed by atoms with Crippen molar-refractivity contribution in [1.29, 1.82) is 0 Å². The summed E-state index contributed by atoms with van der Waals surface area (Å²) in [6.45, 7) is 5.38. The van der Waals surface area contributed by atoms with Gasteiger partial charge in [0.1, 0.15) is 0 Å². The predicted molar refractivity (Wildman–Crippen MR) is 61.0 cm³/mol. The molecule has 4 nitrogen and oxygen atoms in total. The molecule has 1 aliphatic heterocycles. The van der Waals surface area contributed by atoms with Gasteiger partial charge in [0.05, 0.1) is 5.92 Å². The second-order valence-corrected chi connectivity index (χ2v) is 4.60. The zero-order valence-electron chi connectivity index (χ0n) is 10.1. The van der Waals surface area contributed by atoms with E-state index in [0.717, 1.165) is 25.8 Å². The lowest BCUT2D eigenvalue weighted by atomic mass is 10.0. The van der Waals surface area contributed by atoms with E-state index in [2.05, 4.69) is 13.8 Å². The molecule has 1 fully saturated rings. The Balaban J connectivity index is 2.48. The first kappa shape index (κ1) is 13.0. The van der Waals surface area contributed by atoms with Gasteiger partial charge in [-0.1, -0.05) is 26.7 Å². The van der Waals surface area contributed by atoms with Crippen LogP contribution < -0.4 is 0 Å². The van der Waals surface area contributed by atoms with Gasteiger partial charge < -0.3 is 10.0 Å². The summed E-state index contributed by atoms with van der Waals surface area (Å²) in [5.74, 6) is -0.825. The monoisotopic (exact) mass is 227 g/mol. The second kappa shape index (κ2) is 5.87. The van der Waals surface area contributed by atoms with E-state index in [1.54, 1.807) is 4.90 Å². The molecule has 0 bridgehead atoms. The Bertz CT molecular complexity index is 265. The number of carboxylic acids is 1. The molecule has 1 aliphatic rings. The Hall–Kier alpha value is -1.06. The van der Waals surface area contributed by atoms with Crippen LogP contribution in [0.4, 0.5) is 0 Å². The lowest BCUT2D eigenvalue weighted by molar-refractivity contribution is -0.141. The van der Waals surface area contributed by atoms with Gasteiger partial charge in [-0.3, -0.25) is 9.59 Å². The van der Waals surface area contributed by atoms with Crippen LogP contribution in [0.5, 0.6) is 0 Å². The van der Waals surface area contributed by atoms with Crippen molar-refractivity contribution < 1.29 is 14.7 Å². The SMILES string of the molecule is CCCC(CC)CN1CC(C(=O)O)CC1=O. The Morgan fingerprint density at radius 1 is 1.56 bits per heavy atom. The number of nitrogens with zero attached hydrogens (tertiary/aromatic N) is 1. The van der Waals surface area contributed by atoms with Gasteiger partial charge in [-0.25, -0.2) is 0 Å². The summed E-state index contributed by atoms with van der Waals surface area (Å²) in [7, 11) is 0. The van der Waals surface area contributed by atoms with Crippen molar-refractivity contribution in [2.45, 2.75) is 39.5 Å². The lowest BCUT2D eigenvalue weighted by Crippen LogP contribution is -2.31. The number of hydrogen-bond acceptors (Lipinski definition) is 2. The maximum absolute atomic E-state index is 11.6. The van der Waals surface area contributed by atoms with E-state index in [0.29, 0.717) is 12.5 Å². The molecular formula is C12H21NO3. The van der Waals surface area contributed by atoms with Crippen LogP contribution in [0.2, 0.25) is 0 Å². The number of carbonyl (C=O) groups is 2. The summed E-state index contributed by atoms with van der Waals surface area (Å²) in [6, 6.07) is 0. The molecule has 1 amide bonds. The number of aliphatic carboxylic acids is 1. The minimum absolute atomic E-state index is 0.00181. The van der Waals surface area contributed by atoms with Crippen molar-refractivity contribution in [2.75, 3.05) is 13.1 Å². The summed E-state index contributed by atoms with van der Waals surface area (Å²) >= 11 is 0. The van der Waals surface area contributed by atoms with Gasteiger partial charge in [0, 0.05) is 19.5 Å². The zero-order chi connectivity index (χ0) is 12.1. The highest BCUT2D eigenvalue weighted by Crippen LogP contribution is 2.21. The van der Waals surface area contributed by atoms with Crippen molar-refractivity contribution in [2.24, 2.45) is 11.8 Å². The third-order valence-electron chi connectivity index (χ3n) is 3.32. The van der Waals surface area contributed by atoms with Crippen LogP contribution in [0.3, 0.4) is 0 Å². The van der Waals surface area contributed by atoms with Gasteiger partial charge in [0.25, 0.3) is 0 Å². The van der Waals surface area contributed by atoms with E-state index in [9.17, 15) is 9.59 Å². The molecule has 0 spiro atoms. The smallest absolute Gasteiger partial charge is 0.308 e. The summed E-state index contributed by atoms with van der Waals surface area (Å²) in [4.78, 5) is 24.1. The predicted octanol–water partition coefficient (Wildman–Crippen LogP) is 1.75. The molecule has 1 saturated heterocycles. The molecule has 16 heavy (non-hydrogen) atoms. The van der Waals surface area contributed by atoms with Crippen LogP contribution in [0.15, 0.2) is 0 Å². The number of likely N-dealkylation sites (tertiary alicyclic amines) is 1. The van der Waals surface area contributed by atoms with Gasteiger partial charge >= 0.3 is 5.97 Å². The molecule has 2 atom stereocenters. The van der Waals surface area contributed by atoms with Crippen molar-refractivity contribution in [3.8, 4) is 0 Å². The highest BCUT2D eigenvalue weighted by Gasteiger charge is 2.34. The first-order valence-electron chi connectivity index (χ1n) is 6.09. The molecular weight excluding hydrogens is 206 g/mol. The molecule has 1 N–H and O–H groups in total. The number of carboxylic acid groups (broad SMARTS) is 1. The summed E-state index contributed by atoms with van der Waals surface area (Å²) in [5, 5.41) is 8.86. The fraction of sp³-hybridized carbons (Fsp3) is 0.833. The van der Waals surface area contributed by atoms with Crippen molar-refractivity contribution in [3.05, 3.63) is 0 Å². The van der Waals surface area contributed by atoms with Crippen LogP contribution in [-0.4, -0.2) is 35.0 Å². The Morgan fingerprint density at radius 3 is 2.69 bits per heavy atom. The van der Waals surface area contributed by atoms with Crippen LogP contribution >= 0.6 is 0 Å². The molecule has 0 aromatic rings. The second-order valence-electron chi connectivity index (χ2n) is 4.60. The molecule has 4 heteroatoms. The fourth-order valence-corrected chi connectivity index (χ4v) is 2.26. The Kier molecular flexibility index (Phi) is 4.77. The first-order valence-corrected chi connectivity index (χ1v) is 6.09. The number of carbonyl (C=O) groups excluding carboxylic acids is 1. The van der Waals surface area contributed by atoms with Crippen molar-refractivity contribution in [1.82, 2.24) is 4.90 Å². The molecule has 0 aromatic heterocycles. The molecule has 1 heterocycles. The first-order chi connectivity index (χ1) is 7.58. The minimum Gasteiger partial charge on any atom is -0.481 e.